The summed E-state index contributed by atoms with van der Waals surface area (Å²) in [6.07, 6.45) is 1.27. The van der Waals surface area contributed by atoms with Crippen LogP contribution in [0.5, 0.6) is 0 Å². The molecular weight excluding hydrogens is 352 g/mol. The lowest BCUT2D eigenvalue weighted by molar-refractivity contribution is -0.117. The summed E-state index contributed by atoms with van der Waals surface area (Å²) >= 11 is 1.44. The number of aromatic nitrogens is 6. The van der Waals surface area contributed by atoms with Crippen molar-refractivity contribution >= 4 is 17.5 Å². The van der Waals surface area contributed by atoms with Gasteiger partial charge in [0, 0.05) is 19.2 Å². The molecule has 3 aromatic rings. The molecule has 0 radical (unpaired) electrons. The molecule has 26 heavy (non-hydrogen) atoms. The molecule has 0 fully saturated rings. The first-order chi connectivity index (χ1) is 12.5. The van der Waals surface area contributed by atoms with Gasteiger partial charge >= 0.3 is 0 Å². The molecular formula is C17H20N6O2S. The monoisotopic (exact) mass is 372 g/mol. The number of carbonyl (C=O) groups excluding carboxylic acids is 1. The Bertz CT molecular complexity index is 973. The van der Waals surface area contributed by atoms with Gasteiger partial charge in [-0.2, -0.15) is 4.68 Å². The van der Waals surface area contributed by atoms with Gasteiger partial charge in [-0.05, 0) is 42.8 Å². The van der Waals surface area contributed by atoms with Crippen LogP contribution in [0.3, 0.4) is 0 Å². The predicted molar refractivity (Wildman–Crippen MR) is 99.1 cm³/mol. The minimum atomic E-state index is -0.186. The summed E-state index contributed by atoms with van der Waals surface area (Å²) in [4.78, 5) is 24.1. The van der Waals surface area contributed by atoms with Crippen LogP contribution in [-0.4, -0.2) is 41.1 Å². The SMILES string of the molecule is CC(=O)CCCSc1nnnn1-c1c(C)n(C)n(-c2ccccc2)c1=O. The Hall–Kier alpha value is -2.68. The van der Waals surface area contributed by atoms with Crippen LogP contribution in [0.1, 0.15) is 25.5 Å². The summed E-state index contributed by atoms with van der Waals surface area (Å²) in [6, 6.07) is 9.43. The molecule has 9 heteroatoms. The van der Waals surface area contributed by atoms with E-state index in [1.165, 1.54) is 16.4 Å². The molecule has 0 atom stereocenters. The number of Topliss-reactive ketones (excluding diaryl/α,β-unsaturated/α-hetero) is 1. The van der Waals surface area contributed by atoms with Crippen LogP contribution < -0.4 is 5.56 Å². The average molecular weight is 372 g/mol. The summed E-state index contributed by atoms with van der Waals surface area (Å²) in [5.74, 6) is 0.869. The zero-order chi connectivity index (χ0) is 18.7. The van der Waals surface area contributed by atoms with Crippen molar-refractivity contribution in [2.75, 3.05) is 5.75 Å². The Kier molecular flexibility index (Phi) is 5.36. The number of benzene rings is 1. The van der Waals surface area contributed by atoms with E-state index in [0.717, 1.165) is 17.8 Å². The van der Waals surface area contributed by atoms with E-state index >= 15 is 0 Å². The molecule has 0 bridgehead atoms. The molecule has 1 aromatic carbocycles. The van der Waals surface area contributed by atoms with Crippen molar-refractivity contribution in [2.45, 2.75) is 31.8 Å². The Morgan fingerprint density at radius 2 is 1.96 bits per heavy atom. The van der Waals surface area contributed by atoms with Gasteiger partial charge in [0.15, 0.2) is 5.69 Å². The Balaban J connectivity index is 1.95. The van der Waals surface area contributed by atoms with Gasteiger partial charge in [-0.15, -0.1) is 5.10 Å². The smallest absolute Gasteiger partial charge is 0.297 e. The van der Waals surface area contributed by atoms with Crippen molar-refractivity contribution in [2.24, 2.45) is 7.05 Å². The van der Waals surface area contributed by atoms with E-state index in [0.29, 0.717) is 23.0 Å². The topological polar surface area (TPSA) is 87.6 Å². The normalized spacial score (nSPS) is 11.0. The quantitative estimate of drug-likeness (QED) is 0.465. The van der Waals surface area contributed by atoms with Crippen LogP contribution in [0.15, 0.2) is 40.3 Å². The van der Waals surface area contributed by atoms with Gasteiger partial charge in [0.2, 0.25) is 5.16 Å². The molecule has 0 N–H and O–H groups in total. The first-order valence-corrected chi connectivity index (χ1v) is 9.24. The molecule has 0 amide bonds. The van der Waals surface area contributed by atoms with Crippen LogP contribution in [0.25, 0.3) is 11.4 Å². The fraction of sp³-hybridized carbons (Fsp3) is 0.353. The lowest BCUT2D eigenvalue weighted by Gasteiger charge is -2.07. The number of thioether (sulfide) groups is 1. The van der Waals surface area contributed by atoms with Crippen molar-refractivity contribution in [1.29, 1.82) is 0 Å². The molecule has 0 saturated carbocycles. The van der Waals surface area contributed by atoms with Gasteiger partial charge in [0.25, 0.3) is 5.56 Å². The molecule has 0 aliphatic rings. The van der Waals surface area contributed by atoms with Crippen LogP contribution in [-0.2, 0) is 11.8 Å². The first kappa shape index (κ1) is 18.1. The Morgan fingerprint density at radius 3 is 2.65 bits per heavy atom. The minimum Gasteiger partial charge on any atom is -0.300 e. The summed E-state index contributed by atoms with van der Waals surface area (Å²) in [7, 11) is 1.83. The minimum absolute atomic E-state index is 0.162. The second-order valence-electron chi connectivity index (χ2n) is 5.94. The maximum atomic E-state index is 13.1. The van der Waals surface area contributed by atoms with E-state index in [2.05, 4.69) is 15.5 Å². The number of rotatable bonds is 7. The van der Waals surface area contributed by atoms with E-state index in [-0.39, 0.29) is 11.3 Å². The van der Waals surface area contributed by atoms with E-state index in [1.54, 1.807) is 16.3 Å². The number of ketones is 1. The van der Waals surface area contributed by atoms with Gasteiger partial charge in [-0.25, -0.2) is 4.68 Å². The zero-order valence-electron chi connectivity index (χ0n) is 14.9. The Morgan fingerprint density at radius 1 is 1.23 bits per heavy atom. The summed E-state index contributed by atoms with van der Waals surface area (Å²) in [6.45, 7) is 3.44. The molecule has 8 nitrogen and oxygen atoms in total. The number of tetrazole rings is 1. The largest absolute Gasteiger partial charge is 0.300 e. The van der Waals surface area contributed by atoms with Gasteiger partial charge in [0.05, 0.1) is 11.4 Å². The maximum absolute atomic E-state index is 13.1. The molecule has 0 spiro atoms. The lowest BCUT2D eigenvalue weighted by Crippen LogP contribution is -2.22. The summed E-state index contributed by atoms with van der Waals surface area (Å²) < 4.78 is 4.87. The van der Waals surface area contributed by atoms with Crippen molar-refractivity contribution in [3.63, 3.8) is 0 Å². The van der Waals surface area contributed by atoms with Gasteiger partial charge in [-0.1, -0.05) is 30.0 Å². The highest BCUT2D eigenvalue weighted by molar-refractivity contribution is 7.99. The number of carbonyl (C=O) groups is 1. The summed E-state index contributed by atoms with van der Waals surface area (Å²) in [5.41, 5.74) is 1.78. The molecule has 3 rings (SSSR count). The second kappa shape index (κ2) is 7.69. The second-order valence-corrected chi connectivity index (χ2v) is 7.00. The van der Waals surface area contributed by atoms with Crippen LogP contribution in [0.2, 0.25) is 0 Å². The summed E-state index contributed by atoms with van der Waals surface area (Å²) in [5, 5.41) is 12.3. The zero-order valence-corrected chi connectivity index (χ0v) is 15.7. The lowest BCUT2D eigenvalue weighted by atomic mass is 10.3. The Labute approximate surface area is 154 Å². The highest BCUT2D eigenvalue weighted by atomic mass is 32.2. The standard InChI is InChI=1S/C17H20N6O2S/c1-12(24)8-7-11-26-17-18-19-20-22(17)15-13(2)21(3)23(16(15)25)14-9-5-4-6-10-14/h4-6,9-10H,7-8,11H2,1-3H3. The van der Waals surface area contributed by atoms with Crippen molar-refractivity contribution in [3.8, 4) is 11.4 Å². The molecule has 2 heterocycles. The third kappa shape index (κ3) is 3.48. The number of hydrogen-bond acceptors (Lipinski definition) is 6. The van der Waals surface area contributed by atoms with E-state index in [9.17, 15) is 9.59 Å². The molecule has 0 aliphatic carbocycles. The molecule has 0 unspecified atom stereocenters. The van der Waals surface area contributed by atoms with Gasteiger partial charge in [-0.3, -0.25) is 9.48 Å². The molecule has 136 valence electrons. The van der Waals surface area contributed by atoms with E-state index < -0.39 is 0 Å². The first-order valence-electron chi connectivity index (χ1n) is 8.25. The molecule has 0 saturated heterocycles. The van der Waals surface area contributed by atoms with Crippen molar-refractivity contribution in [1.82, 2.24) is 29.6 Å². The number of hydrogen-bond donors (Lipinski definition) is 0. The third-order valence-electron chi connectivity index (χ3n) is 4.08. The van der Waals surface area contributed by atoms with E-state index in [4.69, 9.17) is 0 Å². The number of para-hydroxylation sites is 1. The van der Waals surface area contributed by atoms with Crippen molar-refractivity contribution in [3.05, 3.63) is 46.4 Å². The molecule has 0 aliphatic heterocycles. The van der Waals surface area contributed by atoms with Gasteiger partial charge in [0.1, 0.15) is 5.78 Å². The highest BCUT2D eigenvalue weighted by Gasteiger charge is 2.21. The van der Waals surface area contributed by atoms with Gasteiger partial charge < -0.3 is 4.79 Å². The van der Waals surface area contributed by atoms with E-state index in [1.807, 2.05) is 44.3 Å². The fourth-order valence-electron chi connectivity index (χ4n) is 2.69. The average Bonchev–Trinajstić information content (AvgIpc) is 3.15. The fourth-order valence-corrected chi connectivity index (χ4v) is 3.51. The highest BCUT2D eigenvalue weighted by Crippen LogP contribution is 2.20. The predicted octanol–water partition coefficient (Wildman–Crippen LogP) is 1.92. The van der Waals surface area contributed by atoms with Crippen LogP contribution in [0.4, 0.5) is 0 Å². The van der Waals surface area contributed by atoms with Crippen molar-refractivity contribution < 1.29 is 4.79 Å². The number of nitrogens with zero attached hydrogens (tertiary/aromatic N) is 6. The molecule has 2 aromatic heterocycles. The maximum Gasteiger partial charge on any atom is 0.297 e. The van der Waals surface area contributed by atoms with Crippen LogP contribution in [0, 0.1) is 6.92 Å². The third-order valence-corrected chi connectivity index (χ3v) is 5.09. The van der Waals surface area contributed by atoms with Crippen LogP contribution >= 0.6 is 11.8 Å².